The monoisotopic (exact) mass is 232 g/mol. The summed E-state index contributed by atoms with van der Waals surface area (Å²) in [6, 6.07) is 4.43. The Labute approximate surface area is 99.6 Å². The molecule has 0 bridgehead atoms. The zero-order valence-electron chi connectivity index (χ0n) is 9.67. The number of aromatic nitrogens is 2. The quantitative estimate of drug-likeness (QED) is 0.847. The molecule has 2 aromatic heterocycles. The van der Waals surface area contributed by atoms with Gasteiger partial charge in [-0.05, 0) is 37.4 Å². The molecule has 90 valence electrons. The molecule has 1 saturated heterocycles. The largest absolute Gasteiger partial charge is 0.422 e. The highest BCUT2D eigenvalue weighted by Crippen LogP contribution is 2.24. The molecule has 1 fully saturated rings. The molecule has 1 aliphatic heterocycles. The van der Waals surface area contributed by atoms with Gasteiger partial charge in [0.1, 0.15) is 0 Å². The van der Waals surface area contributed by atoms with E-state index in [0.29, 0.717) is 17.6 Å². The second kappa shape index (κ2) is 4.33. The van der Waals surface area contributed by atoms with Crippen molar-refractivity contribution in [1.29, 1.82) is 0 Å². The van der Waals surface area contributed by atoms with E-state index < -0.39 is 0 Å². The Bertz CT molecular complexity index is 477. The standard InChI is InChI=1S/C12H16N4O/c13-7-9-3-2-6-16(8-9)12-15-11-10(17-12)4-1-5-14-11/h1,4-5,9H,2-3,6-8,13H2/t9-/m1/s1. The van der Waals surface area contributed by atoms with Crippen molar-refractivity contribution in [3.05, 3.63) is 18.3 Å². The lowest BCUT2D eigenvalue weighted by Gasteiger charge is -2.30. The lowest BCUT2D eigenvalue weighted by atomic mass is 9.99. The minimum absolute atomic E-state index is 0.548. The highest BCUT2D eigenvalue weighted by molar-refractivity contribution is 5.69. The highest BCUT2D eigenvalue weighted by Gasteiger charge is 2.22. The Hall–Kier alpha value is -1.62. The number of anilines is 1. The molecular formula is C12H16N4O. The fraction of sp³-hybridized carbons (Fsp3) is 0.500. The number of hydrogen-bond donors (Lipinski definition) is 1. The Morgan fingerprint density at radius 3 is 3.29 bits per heavy atom. The van der Waals surface area contributed by atoms with Crippen LogP contribution in [0.5, 0.6) is 0 Å². The van der Waals surface area contributed by atoms with Crippen LogP contribution in [0.1, 0.15) is 12.8 Å². The molecule has 17 heavy (non-hydrogen) atoms. The van der Waals surface area contributed by atoms with E-state index in [1.54, 1.807) is 6.20 Å². The van der Waals surface area contributed by atoms with Gasteiger partial charge in [-0.1, -0.05) is 0 Å². The van der Waals surface area contributed by atoms with E-state index in [-0.39, 0.29) is 0 Å². The molecule has 2 aromatic rings. The van der Waals surface area contributed by atoms with Crippen LogP contribution < -0.4 is 10.6 Å². The van der Waals surface area contributed by atoms with Crippen LogP contribution in [0.15, 0.2) is 22.7 Å². The van der Waals surface area contributed by atoms with E-state index in [4.69, 9.17) is 10.2 Å². The van der Waals surface area contributed by atoms with Crippen LogP contribution in [0.2, 0.25) is 0 Å². The summed E-state index contributed by atoms with van der Waals surface area (Å²) >= 11 is 0. The van der Waals surface area contributed by atoms with E-state index >= 15 is 0 Å². The predicted octanol–water partition coefficient (Wildman–Crippen LogP) is 1.40. The third kappa shape index (κ3) is 1.98. The second-order valence-electron chi connectivity index (χ2n) is 4.51. The summed E-state index contributed by atoms with van der Waals surface area (Å²) in [5, 5.41) is 0. The summed E-state index contributed by atoms with van der Waals surface area (Å²) in [5.41, 5.74) is 7.15. The number of hydrogen-bond acceptors (Lipinski definition) is 5. The maximum atomic E-state index is 5.73. The van der Waals surface area contributed by atoms with Gasteiger partial charge < -0.3 is 15.1 Å². The molecule has 3 rings (SSSR count). The topological polar surface area (TPSA) is 68.2 Å². The number of piperidine rings is 1. The molecule has 0 saturated carbocycles. The lowest BCUT2D eigenvalue weighted by Crippen LogP contribution is -2.38. The molecule has 2 N–H and O–H groups in total. The van der Waals surface area contributed by atoms with Gasteiger partial charge in [-0.2, -0.15) is 4.98 Å². The molecule has 1 aliphatic rings. The first kappa shape index (κ1) is 10.5. The fourth-order valence-corrected chi connectivity index (χ4v) is 2.32. The minimum Gasteiger partial charge on any atom is -0.422 e. The maximum absolute atomic E-state index is 5.73. The van der Waals surface area contributed by atoms with Gasteiger partial charge in [-0.25, -0.2) is 4.98 Å². The van der Waals surface area contributed by atoms with Crippen molar-refractivity contribution in [2.75, 3.05) is 24.5 Å². The van der Waals surface area contributed by atoms with Crippen LogP contribution in [-0.4, -0.2) is 29.6 Å². The fourth-order valence-electron chi connectivity index (χ4n) is 2.32. The summed E-state index contributed by atoms with van der Waals surface area (Å²) in [4.78, 5) is 10.8. The number of rotatable bonds is 2. The first-order chi connectivity index (χ1) is 8.36. The van der Waals surface area contributed by atoms with E-state index in [1.165, 1.54) is 6.42 Å². The highest BCUT2D eigenvalue weighted by atomic mass is 16.4. The van der Waals surface area contributed by atoms with Gasteiger partial charge in [0, 0.05) is 19.3 Å². The zero-order chi connectivity index (χ0) is 11.7. The number of pyridine rings is 1. The minimum atomic E-state index is 0.548. The Morgan fingerprint density at radius 1 is 1.53 bits per heavy atom. The van der Waals surface area contributed by atoms with Crippen molar-refractivity contribution in [1.82, 2.24) is 9.97 Å². The third-order valence-electron chi connectivity index (χ3n) is 3.28. The van der Waals surface area contributed by atoms with E-state index in [2.05, 4.69) is 14.9 Å². The summed E-state index contributed by atoms with van der Waals surface area (Å²) in [6.45, 7) is 2.65. The van der Waals surface area contributed by atoms with Gasteiger partial charge in [-0.3, -0.25) is 0 Å². The van der Waals surface area contributed by atoms with Gasteiger partial charge in [-0.15, -0.1) is 0 Å². The van der Waals surface area contributed by atoms with Gasteiger partial charge in [0.25, 0.3) is 6.01 Å². The molecular weight excluding hydrogens is 216 g/mol. The van der Waals surface area contributed by atoms with Crippen molar-refractivity contribution < 1.29 is 4.42 Å². The van der Waals surface area contributed by atoms with Crippen molar-refractivity contribution in [2.45, 2.75) is 12.8 Å². The van der Waals surface area contributed by atoms with Crippen molar-refractivity contribution in [2.24, 2.45) is 11.7 Å². The molecule has 1 atom stereocenters. The third-order valence-corrected chi connectivity index (χ3v) is 3.28. The molecule has 5 nitrogen and oxygen atoms in total. The Balaban J connectivity index is 1.87. The molecule has 0 aromatic carbocycles. The molecule has 5 heteroatoms. The van der Waals surface area contributed by atoms with Crippen molar-refractivity contribution in [3.63, 3.8) is 0 Å². The van der Waals surface area contributed by atoms with Crippen LogP contribution in [-0.2, 0) is 0 Å². The number of fused-ring (bicyclic) bond motifs is 1. The van der Waals surface area contributed by atoms with Crippen LogP contribution >= 0.6 is 0 Å². The van der Waals surface area contributed by atoms with Crippen LogP contribution in [0.3, 0.4) is 0 Å². The summed E-state index contributed by atoms with van der Waals surface area (Å²) in [7, 11) is 0. The molecule has 0 amide bonds. The SMILES string of the molecule is NC[C@H]1CCCN(c2nc3ncccc3o2)C1. The molecule has 0 spiro atoms. The summed E-state index contributed by atoms with van der Waals surface area (Å²) in [6.07, 6.45) is 4.08. The van der Waals surface area contributed by atoms with E-state index in [9.17, 15) is 0 Å². The number of nitrogens with two attached hydrogens (primary N) is 1. The lowest BCUT2D eigenvalue weighted by molar-refractivity contribution is 0.403. The van der Waals surface area contributed by atoms with Crippen LogP contribution in [0.25, 0.3) is 11.2 Å². The Morgan fingerprint density at radius 2 is 2.47 bits per heavy atom. The van der Waals surface area contributed by atoms with Gasteiger partial charge >= 0.3 is 0 Å². The molecule has 0 aliphatic carbocycles. The normalized spacial score (nSPS) is 21.0. The molecule has 3 heterocycles. The molecule has 0 radical (unpaired) electrons. The summed E-state index contributed by atoms with van der Waals surface area (Å²) < 4.78 is 5.71. The predicted molar refractivity (Wildman–Crippen MR) is 65.8 cm³/mol. The van der Waals surface area contributed by atoms with Crippen molar-refractivity contribution >= 4 is 17.2 Å². The molecule has 0 unspecified atom stereocenters. The van der Waals surface area contributed by atoms with Gasteiger partial charge in [0.2, 0.25) is 5.65 Å². The number of nitrogens with zero attached hydrogens (tertiary/aromatic N) is 3. The Kier molecular flexibility index (Phi) is 2.68. The number of oxazole rings is 1. The summed E-state index contributed by atoms with van der Waals surface area (Å²) in [5.74, 6) is 0.548. The van der Waals surface area contributed by atoms with E-state index in [0.717, 1.165) is 31.6 Å². The van der Waals surface area contributed by atoms with Crippen LogP contribution in [0.4, 0.5) is 6.01 Å². The van der Waals surface area contributed by atoms with Crippen molar-refractivity contribution in [3.8, 4) is 0 Å². The first-order valence-electron chi connectivity index (χ1n) is 6.03. The smallest absolute Gasteiger partial charge is 0.299 e. The average molecular weight is 232 g/mol. The first-order valence-corrected chi connectivity index (χ1v) is 6.03. The van der Waals surface area contributed by atoms with Gasteiger partial charge in [0.05, 0.1) is 0 Å². The maximum Gasteiger partial charge on any atom is 0.299 e. The zero-order valence-corrected chi connectivity index (χ0v) is 9.67. The van der Waals surface area contributed by atoms with Gasteiger partial charge in [0.15, 0.2) is 5.58 Å². The van der Waals surface area contributed by atoms with E-state index in [1.807, 2.05) is 12.1 Å². The average Bonchev–Trinajstić information content (AvgIpc) is 2.82. The second-order valence-corrected chi connectivity index (χ2v) is 4.51. The van der Waals surface area contributed by atoms with Crippen LogP contribution in [0, 0.1) is 5.92 Å².